The molecule has 0 bridgehead atoms. The van der Waals surface area contributed by atoms with Gasteiger partial charge < -0.3 is 15.0 Å². The average Bonchev–Trinajstić information content (AvgIpc) is 3.18. The lowest BCUT2D eigenvalue weighted by molar-refractivity contribution is -0.153. The van der Waals surface area contributed by atoms with Gasteiger partial charge in [-0.15, -0.1) is 11.8 Å². The Bertz CT molecular complexity index is 1280. The minimum absolute atomic E-state index is 0.0389. The van der Waals surface area contributed by atoms with E-state index < -0.39 is 18.1 Å². The molecule has 2 aliphatic heterocycles. The number of nitrogens with zero attached hydrogens (tertiary/aromatic N) is 2. The number of carbonyl (C=O) groups excluding carboxylic acids is 2. The number of ether oxygens (including phenoxy) is 1. The zero-order valence-electron chi connectivity index (χ0n) is 18.4. The molecule has 1 amide bonds. The summed E-state index contributed by atoms with van der Waals surface area (Å²) in [6.07, 6.45) is -0.671. The molecule has 2 aromatic carbocycles. The number of amides is 1. The summed E-state index contributed by atoms with van der Waals surface area (Å²) in [6.45, 7) is 1.71. The van der Waals surface area contributed by atoms with E-state index in [0.717, 1.165) is 11.1 Å². The maximum atomic E-state index is 13.6. The van der Waals surface area contributed by atoms with Crippen LogP contribution in [0, 0.1) is 6.92 Å². The maximum Gasteiger partial charge on any atom is 0.356 e. The van der Waals surface area contributed by atoms with Crippen molar-refractivity contribution in [1.82, 2.24) is 9.64 Å². The molecule has 5 rings (SSSR count). The van der Waals surface area contributed by atoms with Crippen LogP contribution in [0.2, 0.25) is 0 Å². The summed E-state index contributed by atoms with van der Waals surface area (Å²) in [4.78, 5) is 39.9. The summed E-state index contributed by atoms with van der Waals surface area (Å²) in [5, 5.41) is -0.347. The quantitative estimate of drug-likeness (QED) is 0.429. The molecule has 0 spiro atoms. The molecule has 1 saturated heterocycles. The maximum absolute atomic E-state index is 13.6. The number of aryl methyl sites for hydroxylation is 1. The van der Waals surface area contributed by atoms with Crippen molar-refractivity contribution < 1.29 is 18.8 Å². The van der Waals surface area contributed by atoms with Crippen molar-refractivity contribution in [3.05, 3.63) is 105 Å². The van der Waals surface area contributed by atoms with Crippen LogP contribution >= 0.6 is 11.8 Å². The molecular formula is C25H23N3O5S. The number of thioether (sulfide) groups is 1. The molecule has 1 unspecified atom stereocenters. The largest absolute Gasteiger partial charge is 0.448 e. The van der Waals surface area contributed by atoms with Crippen LogP contribution in [-0.2, 0) is 20.9 Å². The van der Waals surface area contributed by atoms with Gasteiger partial charge in [0.05, 0.1) is 6.54 Å². The Morgan fingerprint density at radius 1 is 1.12 bits per heavy atom. The number of esters is 1. The highest BCUT2D eigenvalue weighted by molar-refractivity contribution is 8.00. The number of carbonyl (C=O) groups is 2. The Balaban J connectivity index is 1.53. The summed E-state index contributed by atoms with van der Waals surface area (Å²) in [5.41, 5.74) is 7.98. The van der Waals surface area contributed by atoms with Crippen molar-refractivity contribution in [1.29, 1.82) is 0 Å². The molecule has 34 heavy (non-hydrogen) atoms. The Kier molecular flexibility index (Phi) is 5.89. The number of benzene rings is 2. The Labute approximate surface area is 199 Å². The first-order valence-corrected chi connectivity index (χ1v) is 11.9. The second-order valence-corrected chi connectivity index (χ2v) is 9.32. The van der Waals surface area contributed by atoms with Crippen LogP contribution < -0.4 is 11.3 Å². The number of hydrogen-bond donors (Lipinski definition) is 1. The van der Waals surface area contributed by atoms with Crippen molar-refractivity contribution in [3.8, 4) is 0 Å². The van der Waals surface area contributed by atoms with Crippen molar-refractivity contribution in [2.24, 2.45) is 5.73 Å². The Hall–Kier alpha value is -3.56. The number of aromatic nitrogens is 1. The van der Waals surface area contributed by atoms with E-state index >= 15 is 0 Å². The number of β-lactam (4-membered cyclic amide) rings is 1. The average molecular weight is 478 g/mol. The number of rotatable bonds is 6. The SMILES string of the molecule is Cc1cc(=O)n(CC2=C(C(=O)OC(c3ccccc3)c3ccccc3)N3C(=O)C(N)[C@H]3SC2)o1. The van der Waals surface area contributed by atoms with Gasteiger partial charge in [0.15, 0.2) is 6.10 Å². The third kappa shape index (κ3) is 3.97. The highest BCUT2D eigenvalue weighted by Gasteiger charge is 2.52. The van der Waals surface area contributed by atoms with Gasteiger partial charge in [-0.25, -0.2) is 4.79 Å². The summed E-state index contributed by atoms with van der Waals surface area (Å²) in [7, 11) is 0. The Morgan fingerprint density at radius 2 is 1.74 bits per heavy atom. The molecule has 174 valence electrons. The van der Waals surface area contributed by atoms with Crippen molar-refractivity contribution in [2.45, 2.75) is 31.0 Å². The van der Waals surface area contributed by atoms with Crippen LogP contribution in [0.25, 0.3) is 0 Å². The molecule has 2 N–H and O–H groups in total. The second-order valence-electron chi connectivity index (χ2n) is 8.22. The van der Waals surface area contributed by atoms with E-state index in [0.29, 0.717) is 17.1 Å². The summed E-state index contributed by atoms with van der Waals surface area (Å²) < 4.78 is 12.7. The van der Waals surface area contributed by atoms with E-state index in [-0.39, 0.29) is 29.1 Å². The van der Waals surface area contributed by atoms with Gasteiger partial charge in [-0.05, 0) is 23.6 Å². The molecule has 0 saturated carbocycles. The minimum Gasteiger partial charge on any atom is -0.448 e. The lowest BCUT2D eigenvalue weighted by Gasteiger charge is -2.48. The van der Waals surface area contributed by atoms with Gasteiger partial charge >= 0.3 is 5.97 Å². The molecule has 3 aromatic rings. The standard InChI is InChI=1S/C25H23N3O5S/c1-15-12-19(29)27(33-15)13-18-14-34-24-20(26)23(30)28(24)21(18)25(31)32-22(16-8-4-2-5-9-16)17-10-6-3-7-11-17/h2-12,20,22,24H,13-14,26H2,1H3/t20?,24-/m1/s1. The van der Waals surface area contributed by atoms with Gasteiger partial charge in [0.1, 0.15) is 22.9 Å². The Morgan fingerprint density at radius 3 is 2.29 bits per heavy atom. The first-order valence-electron chi connectivity index (χ1n) is 10.8. The molecule has 2 aliphatic rings. The van der Waals surface area contributed by atoms with E-state index in [1.807, 2.05) is 60.7 Å². The minimum atomic E-state index is -0.679. The second kappa shape index (κ2) is 9.00. The first kappa shape index (κ1) is 22.2. The zero-order valence-corrected chi connectivity index (χ0v) is 19.2. The third-order valence-corrected chi connectivity index (χ3v) is 7.23. The number of nitrogens with two attached hydrogens (primary N) is 1. The molecule has 8 nitrogen and oxygen atoms in total. The lowest BCUT2D eigenvalue weighted by Crippen LogP contribution is -2.68. The highest BCUT2D eigenvalue weighted by Crippen LogP contribution is 2.41. The van der Waals surface area contributed by atoms with E-state index in [1.54, 1.807) is 6.92 Å². The first-order chi connectivity index (χ1) is 16.4. The summed E-state index contributed by atoms with van der Waals surface area (Å²) in [6, 6.07) is 19.5. The molecule has 9 heteroatoms. The van der Waals surface area contributed by atoms with Gasteiger partial charge in [-0.2, -0.15) is 4.74 Å². The third-order valence-electron chi connectivity index (χ3n) is 5.87. The fourth-order valence-electron chi connectivity index (χ4n) is 4.21. The van der Waals surface area contributed by atoms with E-state index in [9.17, 15) is 14.4 Å². The van der Waals surface area contributed by atoms with Crippen molar-refractivity contribution in [3.63, 3.8) is 0 Å². The van der Waals surface area contributed by atoms with Gasteiger partial charge in [0, 0.05) is 11.8 Å². The summed E-state index contributed by atoms with van der Waals surface area (Å²) in [5.74, 6) is -0.110. The van der Waals surface area contributed by atoms with Gasteiger partial charge in [-0.1, -0.05) is 60.7 Å². The molecule has 1 aromatic heterocycles. The fraction of sp³-hybridized carbons (Fsp3) is 0.240. The fourth-order valence-corrected chi connectivity index (χ4v) is 5.49. The van der Waals surface area contributed by atoms with Crippen LogP contribution in [0.5, 0.6) is 0 Å². The van der Waals surface area contributed by atoms with E-state index in [4.69, 9.17) is 15.0 Å². The molecule has 0 radical (unpaired) electrons. The molecule has 3 heterocycles. The summed E-state index contributed by atoms with van der Waals surface area (Å²) >= 11 is 1.46. The normalized spacial score (nSPS) is 19.7. The predicted molar refractivity (Wildman–Crippen MR) is 127 cm³/mol. The predicted octanol–water partition coefficient (Wildman–Crippen LogP) is 2.58. The van der Waals surface area contributed by atoms with Crippen LogP contribution in [0.4, 0.5) is 0 Å². The molecular weight excluding hydrogens is 454 g/mol. The van der Waals surface area contributed by atoms with Crippen LogP contribution in [0.1, 0.15) is 23.0 Å². The topological polar surface area (TPSA) is 108 Å². The van der Waals surface area contributed by atoms with Crippen molar-refractivity contribution in [2.75, 3.05) is 5.75 Å². The highest BCUT2D eigenvalue weighted by atomic mass is 32.2. The van der Waals surface area contributed by atoms with Gasteiger partial charge in [0.25, 0.3) is 5.56 Å². The molecule has 0 aliphatic carbocycles. The zero-order chi connectivity index (χ0) is 23.8. The van der Waals surface area contributed by atoms with E-state index in [2.05, 4.69) is 0 Å². The van der Waals surface area contributed by atoms with Crippen LogP contribution in [-0.4, -0.2) is 38.7 Å². The monoisotopic (exact) mass is 477 g/mol. The van der Waals surface area contributed by atoms with Crippen molar-refractivity contribution >= 4 is 23.6 Å². The molecule has 2 atom stereocenters. The number of fused-ring (bicyclic) bond motifs is 1. The lowest BCUT2D eigenvalue weighted by atomic mass is 10.0. The van der Waals surface area contributed by atoms with E-state index in [1.165, 1.54) is 27.5 Å². The van der Waals surface area contributed by atoms with Gasteiger partial charge in [0.2, 0.25) is 5.91 Å². The van der Waals surface area contributed by atoms with Gasteiger partial charge in [-0.3, -0.25) is 14.5 Å². The molecule has 1 fully saturated rings. The number of hydrogen-bond acceptors (Lipinski definition) is 7. The van der Waals surface area contributed by atoms with Crippen LogP contribution in [0.3, 0.4) is 0 Å². The smallest absolute Gasteiger partial charge is 0.356 e. The van der Waals surface area contributed by atoms with Crippen LogP contribution in [0.15, 0.2) is 87.3 Å².